The minimum absolute atomic E-state index is 0.538. The maximum atomic E-state index is 9.34. The first-order valence-corrected chi connectivity index (χ1v) is 6.91. The Kier molecular flexibility index (Phi) is 4.54. The Morgan fingerprint density at radius 1 is 1.30 bits per heavy atom. The molecule has 0 saturated heterocycles. The molecule has 0 amide bonds. The van der Waals surface area contributed by atoms with Crippen molar-refractivity contribution in [3.63, 3.8) is 0 Å². The lowest BCUT2D eigenvalue weighted by Gasteiger charge is -2.22. The van der Waals surface area contributed by atoms with Crippen LogP contribution >= 0.6 is 0 Å². The predicted octanol–water partition coefficient (Wildman–Crippen LogP) is 2.83. The largest absolute Gasteiger partial charge is 0.298 e. The standard InChI is InChI=1S/C16H20N4/c1-3-9-18-16(2,12-17)13-20-11-15(10-19-20)14-7-5-4-6-8-14/h4-8,10-11,18H,3,9,13H2,1-2H3. The van der Waals surface area contributed by atoms with Crippen LogP contribution in [0.2, 0.25) is 0 Å². The van der Waals surface area contributed by atoms with Crippen LogP contribution in [-0.2, 0) is 6.54 Å². The number of hydrogen-bond donors (Lipinski definition) is 1. The third-order valence-electron chi connectivity index (χ3n) is 3.23. The summed E-state index contributed by atoms with van der Waals surface area (Å²) in [5.74, 6) is 0. The molecule has 1 N–H and O–H groups in total. The Labute approximate surface area is 120 Å². The second kappa shape index (κ2) is 6.36. The lowest BCUT2D eigenvalue weighted by atomic mass is 10.0. The Morgan fingerprint density at radius 3 is 2.70 bits per heavy atom. The zero-order valence-corrected chi connectivity index (χ0v) is 12.0. The summed E-state index contributed by atoms with van der Waals surface area (Å²) in [5, 5.41) is 17.0. The third-order valence-corrected chi connectivity index (χ3v) is 3.23. The average Bonchev–Trinajstić information content (AvgIpc) is 2.94. The van der Waals surface area contributed by atoms with E-state index in [0.717, 1.165) is 24.1 Å². The monoisotopic (exact) mass is 268 g/mol. The number of benzene rings is 1. The van der Waals surface area contributed by atoms with Crippen molar-refractivity contribution in [1.29, 1.82) is 5.26 Å². The van der Waals surface area contributed by atoms with Gasteiger partial charge in [-0.25, -0.2) is 0 Å². The number of rotatable bonds is 6. The van der Waals surface area contributed by atoms with E-state index in [4.69, 9.17) is 0 Å². The molecule has 20 heavy (non-hydrogen) atoms. The molecule has 0 spiro atoms. The summed E-state index contributed by atoms with van der Waals surface area (Å²) in [6, 6.07) is 12.5. The fourth-order valence-corrected chi connectivity index (χ4v) is 2.09. The summed E-state index contributed by atoms with van der Waals surface area (Å²) in [6.07, 6.45) is 4.83. The molecule has 2 rings (SSSR count). The van der Waals surface area contributed by atoms with Gasteiger partial charge in [0.15, 0.2) is 0 Å². The topological polar surface area (TPSA) is 53.6 Å². The van der Waals surface area contributed by atoms with Gasteiger partial charge in [0.2, 0.25) is 0 Å². The molecule has 1 aromatic heterocycles. The van der Waals surface area contributed by atoms with E-state index in [2.05, 4.69) is 35.5 Å². The zero-order chi connectivity index (χ0) is 14.4. The van der Waals surface area contributed by atoms with Gasteiger partial charge in [-0.1, -0.05) is 37.3 Å². The molecule has 2 aromatic rings. The van der Waals surface area contributed by atoms with Crippen molar-refractivity contribution in [1.82, 2.24) is 15.1 Å². The summed E-state index contributed by atoms with van der Waals surface area (Å²) >= 11 is 0. The molecule has 4 nitrogen and oxygen atoms in total. The number of aromatic nitrogens is 2. The van der Waals surface area contributed by atoms with Gasteiger partial charge in [0.1, 0.15) is 5.54 Å². The van der Waals surface area contributed by atoms with Crippen LogP contribution in [0.15, 0.2) is 42.7 Å². The number of nitriles is 1. The fourth-order valence-electron chi connectivity index (χ4n) is 2.09. The van der Waals surface area contributed by atoms with Crippen molar-refractivity contribution in [2.24, 2.45) is 0 Å². The molecular weight excluding hydrogens is 248 g/mol. The van der Waals surface area contributed by atoms with E-state index >= 15 is 0 Å². The second-order valence-corrected chi connectivity index (χ2v) is 5.16. The van der Waals surface area contributed by atoms with E-state index in [1.54, 1.807) is 0 Å². The Morgan fingerprint density at radius 2 is 2.05 bits per heavy atom. The SMILES string of the molecule is CCCNC(C)(C#N)Cn1cc(-c2ccccc2)cn1. The maximum absolute atomic E-state index is 9.34. The van der Waals surface area contributed by atoms with Gasteiger partial charge in [-0.3, -0.25) is 10.00 Å². The van der Waals surface area contributed by atoms with Gasteiger partial charge in [-0.2, -0.15) is 10.4 Å². The molecular formula is C16H20N4. The van der Waals surface area contributed by atoms with Gasteiger partial charge in [0.25, 0.3) is 0 Å². The summed E-state index contributed by atoms with van der Waals surface area (Å²) < 4.78 is 1.83. The van der Waals surface area contributed by atoms with Crippen LogP contribution < -0.4 is 5.32 Å². The van der Waals surface area contributed by atoms with Gasteiger partial charge >= 0.3 is 0 Å². The van der Waals surface area contributed by atoms with Crippen molar-refractivity contribution in [3.05, 3.63) is 42.7 Å². The van der Waals surface area contributed by atoms with E-state index in [9.17, 15) is 5.26 Å². The first-order chi connectivity index (χ1) is 9.67. The highest BCUT2D eigenvalue weighted by atomic mass is 15.3. The molecule has 0 fully saturated rings. The fraction of sp³-hybridized carbons (Fsp3) is 0.375. The summed E-state index contributed by atoms with van der Waals surface area (Å²) in [6.45, 7) is 5.37. The van der Waals surface area contributed by atoms with Crippen molar-refractivity contribution >= 4 is 0 Å². The van der Waals surface area contributed by atoms with Crippen LogP contribution in [0.4, 0.5) is 0 Å². The smallest absolute Gasteiger partial charge is 0.123 e. The molecule has 0 bridgehead atoms. The highest BCUT2D eigenvalue weighted by molar-refractivity contribution is 5.61. The number of nitrogens with one attached hydrogen (secondary N) is 1. The highest BCUT2D eigenvalue weighted by Gasteiger charge is 2.23. The second-order valence-electron chi connectivity index (χ2n) is 5.16. The molecule has 1 aromatic carbocycles. The summed E-state index contributed by atoms with van der Waals surface area (Å²) in [5.41, 5.74) is 1.62. The average molecular weight is 268 g/mol. The van der Waals surface area contributed by atoms with Crippen LogP contribution in [0.3, 0.4) is 0 Å². The number of hydrogen-bond acceptors (Lipinski definition) is 3. The van der Waals surface area contributed by atoms with Crippen molar-refractivity contribution in [3.8, 4) is 17.2 Å². The van der Waals surface area contributed by atoms with Crippen molar-refractivity contribution in [2.45, 2.75) is 32.4 Å². The van der Waals surface area contributed by atoms with Gasteiger partial charge in [-0.15, -0.1) is 0 Å². The van der Waals surface area contributed by atoms with Crippen LogP contribution in [0, 0.1) is 11.3 Å². The first-order valence-electron chi connectivity index (χ1n) is 6.91. The molecule has 0 aliphatic carbocycles. The van der Waals surface area contributed by atoms with Crippen LogP contribution in [0.25, 0.3) is 11.1 Å². The molecule has 0 aliphatic rings. The van der Waals surface area contributed by atoms with E-state index in [1.165, 1.54) is 0 Å². The quantitative estimate of drug-likeness (QED) is 0.876. The lowest BCUT2D eigenvalue weighted by Crippen LogP contribution is -2.45. The van der Waals surface area contributed by atoms with E-state index in [-0.39, 0.29) is 0 Å². The lowest BCUT2D eigenvalue weighted by molar-refractivity contribution is 0.371. The molecule has 0 saturated carbocycles. The Balaban J connectivity index is 2.11. The van der Waals surface area contributed by atoms with Crippen molar-refractivity contribution < 1.29 is 0 Å². The van der Waals surface area contributed by atoms with E-state index < -0.39 is 5.54 Å². The van der Waals surface area contributed by atoms with Gasteiger partial charge in [-0.05, 0) is 25.5 Å². The molecule has 1 heterocycles. The van der Waals surface area contributed by atoms with Gasteiger partial charge in [0, 0.05) is 11.8 Å². The summed E-state index contributed by atoms with van der Waals surface area (Å²) in [4.78, 5) is 0. The highest BCUT2D eigenvalue weighted by Crippen LogP contribution is 2.18. The molecule has 0 radical (unpaired) electrons. The van der Waals surface area contributed by atoms with Crippen LogP contribution in [-0.4, -0.2) is 21.9 Å². The van der Waals surface area contributed by atoms with Gasteiger partial charge in [0.05, 0.1) is 18.8 Å². The summed E-state index contributed by atoms with van der Waals surface area (Å²) in [7, 11) is 0. The predicted molar refractivity (Wildman–Crippen MR) is 80.0 cm³/mol. The maximum Gasteiger partial charge on any atom is 0.123 e. The Bertz CT molecular complexity index is 582. The minimum atomic E-state index is -0.587. The molecule has 1 atom stereocenters. The number of nitrogens with zero attached hydrogens (tertiary/aromatic N) is 3. The van der Waals surface area contributed by atoms with Crippen molar-refractivity contribution in [2.75, 3.05) is 6.54 Å². The Hall–Kier alpha value is -2.12. The minimum Gasteiger partial charge on any atom is -0.298 e. The van der Waals surface area contributed by atoms with E-state index in [1.807, 2.05) is 42.2 Å². The zero-order valence-electron chi connectivity index (χ0n) is 12.0. The van der Waals surface area contributed by atoms with Crippen LogP contribution in [0.1, 0.15) is 20.3 Å². The molecule has 4 heteroatoms. The molecule has 1 unspecified atom stereocenters. The first kappa shape index (κ1) is 14.3. The van der Waals surface area contributed by atoms with Crippen LogP contribution in [0.5, 0.6) is 0 Å². The normalized spacial score (nSPS) is 13.7. The van der Waals surface area contributed by atoms with Gasteiger partial charge < -0.3 is 0 Å². The third kappa shape index (κ3) is 3.46. The van der Waals surface area contributed by atoms with E-state index in [0.29, 0.717) is 6.54 Å². The molecule has 0 aliphatic heterocycles. The molecule has 104 valence electrons.